The Balaban J connectivity index is 1.21. The van der Waals surface area contributed by atoms with E-state index in [1.165, 1.54) is 0 Å². The van der Waals surface area contributed by atoms with Crippen molar-refractivity contribution in [2.45, 2.75) is 0 Å². The topological polar surface area (TPSA) is 61.0 Å². The van der Waals surface area contributed by atoms with Gasteiger partial charge < -0.3 is 9.97 Å². The Morgan fingerprint density at radius 2 is 0.847 bits per heavy atom. The third-order valence-electron chi connectivity index (χ3n) is 10.9. The second-order valence-electron chi connectivity index (χ2n) is 14.5. The zero-order valence-electron chi connectivity index (χ0n) is 31.9. The molecule has 10 rings (SSSR count). The highest BCUT2D eigenvalue weighted by Crippen LogP contribution is 2.43. The first-order chi connectivity index (χ1) is 29.1. The minimum Gasteiger partial charge on any atom is -0.354 e. The van der Waals surface area contributed by atoms with Crippen molar-refractivity contribution < 1.29 is 4.79 Å². The van der Waals surface area contributed by atoms with E-state index in [0.29, 0.717) is 11.3 Å². The number of hydrogen-bond donors (Lipinski definition) is 2. The van der Waals surface area contributed by atoms with Crippen LogP contribution in [0.4, 0.5) is 0 Å². The van der Waals surface area contributed by atoms with Crippen LogP contribution < -0.4 is 10.7 Å². The number of allylic oxidation sites excluding steroid dienone is 2. The van der Waals surface area contributed by atoms with Crippen LogP contribution in [0, 0.1) is 0 Å². The highest BCUT2D eigenvalue weighted by atomic mass is 79.9. The lowest BCUT2D eigenvalue weighted by atomic mass is 9.87. The molecule has 2 N–H and O–H groups in total. The number of aromatic nitrogens is 2. The molecule has 0 aliphatic carbocycles. The summed E-state index contributed by atoms with van der Waals surface area (Å²) in [5.74, 6) is -0.0509. The third kappa shape index (κ3) is 6.71. The van der Waals surface area contributed by atoms with Gasteiger partial charge in [-0.25, -0.2) is 4.99 Å². The zero-order chi connectivity index (χ0) is 39.7. The molecule has 0 saturated carbocycles. The molecule has 0 fully saturated rings. The Morgan fingerprint density at radius 3 is 1.41 bits per heavy atom. The molecule has 9 aromatic rings. The number of H-pyrrole nitrogens is 2. The minimum absolute atomic E-state index is 0.0509. The quantitative estimate of drug-likeness (QED) is 0.116. The Kier molecular flexibility index (Phi) is 9.49. The molecule has 0 saturated heterocycles. The van der Waals surface area contributed by atoms with Crippen molar-refractivity contribution in [2.75, 3.05) is 0 Å². The number of carbonyl (C=O) groups excluding carboxylic acids is 1. The van der Waals surface area contributed by atoms with Gasteiger partial charge in [0.1, 0.15) is 0 Å². The molecule has 0 atom stereocenters. The molecule has 0 bridgehead atoms. The molecule has 59 heavy (non-hydrogen) atoms. The molecule has 4 nitrogen and oxygen atoms in total. The van der Waals surface area contributed by atoms with Crippen LogP contribution in [0.15, 0.2) is 221 Å². The van der Waals surface area contributed by atoms with E-state index in [1.807, 2.05) is 66.7 Å². The van der Waals surface area contributed by atoms with Crippen molar-refractivity contribution in [1.29, 1.82) is 0 Å². The lowest BCUT2D eigenvalue weighted by Crippen LogP contribution is -2.19. The summed E-state index contributed by atoms with van der Waals surface area (Å²) in [6.07, 6.45) is 4.29. The summed E-state index contributed by atoms with van der Waals surface area (Å²) in [4.78, 5) is 26.3. The number of aromatic amines is 2. The maximum atomic E-state index is 13.5. The van der Waals surface area contributed by atoms with Crippen LogP contribution in [-0.2, 0) is 0 Å². The fourth-order valence-electron chi connectivity index (χ4n) is 8.22. The number of fused-ring (bicyclic) bond motifs is 2. The molecule has 0 spiro atoms. The average Bonchev–Trinajstić information content (AvgIpc) is 4.10. The molecular weight excluding hydrogens is 787 g/mol. The van der Waals surface area contributed by atoms with Crippen molar-refractivity contribution >= 4 is 65.7 Å². The van der Waals surface area contributed by atoms with Gasteiger partial charge >= 0.3 is 0 Å². The maximum Gasteiger partial charge on any atom is 0.209 e. The number of rotatable bonds is 8. The molecule has 5 heteroatoms. The zero-order valence-corrected chi connectivity index (χ0v) is 33.4. The summed E-state index contributed by atoms with van der Waals surface area (Å²) in [6, 6.07) is 66.0. The predicted molar refractivity (Wildman–Crippen MR) is 246 cm³/mol. The molecule has 1 aliphatic heterocycles. The number of aliphatic imine (C=N–C) groups is 1. The van der Waals surface area contributed by atoms with E-state index in [4.69, 9.17) is 4.99 Å². The number of halogens is 1. The van der Waals surface area contributed by atoms with Crippen LogP contribution >= 0.6 is 15.9 Å². The van der Waals surface area contributed by atoms with Crippen molar-refractivity contribution in [2.24, 2.45) is 4.99 Å². The molecule has 3 heterocycles. The number of nitrogens with one attached hydrogen (secondary N) is 2. The average molecular weight is 823 g/mol. The fraction of sp³-hybridized carbons (Fsp3) is 0. The molecular formula is C54H36BrN3O. The lowest BCUT2D eigenvalue weighted by molar-refractivity contribution is 0.103. The van der Waals surface area contributed by atoms with Gasteiger partial charge in [-0.3, -0.25) is 4.79 Å². The monoisotopic (exact) mass is 821 g/mol. The molecule has 0 amide bonds. The van der Waals surface area contributed by atoms with Crippen molar-refractivity contribution in [3.8, 4) is 0 Å². The van der Waals surface area contributed by atoms with Crippen LogP contribution in [-0.4, -0.2) is 21.5 Å². The van der Waals surface area contributed by atoms with Crippen LogP contribution in [0.5, 0.6) is 0 Å². The maximum absolute atomic E-state index is 13.5. The summed E-state index contributed by atoms with van der Waals surface area (Å²) >= 11 is 3.96. The fourth-order valence-corrected chi connectivity index (χ4v) is 8.91. The van der Waals surface area contributed by atoms with Crippen molar-refractivity contribution in [3.05, 3.63) is 266 Å². The highest BCUT2D eigenvalue weighted by molar-refractivity contribution is 9.10. The van der Waals surface area contributed by atoms with Crippen LogP contribution in [0.2, 0.25) is 0 Å². The van der Waals surface area contributed by atoms with Gasteiger partial charge in [-0.2, -0.15) is 0 Å². The molecule has 0 radical (unpaired) electrons. The highest BCUT2D eigenvalue weighted by Gasteiger charge is 2.23. The number of carbonyl (C=O) groups is 1. The summed E-state index contributed by atoms with van der Waals surface area (Å²) in [7, 11) is 0. The van der Waals surface area contributed by atoms with Crippen LogP contribution in [0.1, 0.15) is 44.0 Å². The van der Waals surface area contributed by atoms with E-state index in [1.54, 1.807) is 0 Å². The van der Waals surface area contributed by atoms with E-state index in [2.05, 4.69) is 165 Å². The van der Waals surface area contributed by atoms with E-state index in [9.17, 15) is 4.79 Å². The van der Waals surface area contributed by atoms with Crippen LogP contribution in [0.3, 0.4) is 0 Å². The van der Waals surface area contributed by atoms with Gasteiger partial charge in [-0.15, -0.1) is 0 Å². The molecule has 7 aromatic carbocycles. The van der Waals surface area contributed by atoms with Crippen molar-refractivity contribution in [1.82, 2.24) is 9.97 Å². The SMILES string of the molecule is O=C(c1ccccc1)c1ccc(/C(c2ccccc2)=c2\cc/c(=C(C3=N/C(=C(/c4ccccc4)c4c5ccccc5c(Br)c5ccccc45)C=C3)/c3ccccc3)[nH]2)[nH]1. The van der Waals surface area contributed by atoms with Gasteiger partial charge in [-0.05, 0) is 90.6 Å². The lowest BCUT2D eigenvalue weighted by Gasteiger charge is -2.18. The number of hydrogen-bond acceptors (Lipinski definition) is 2. The number of nitrogens with zero attached hydrogens (tertiary/aromatic N) is 1. The van der Waals surface area contributed by atoms with Gasteiger partial charge in [-0.1, -0.05) is 170 Å². The first kappa shape index (κ1) is 36.0. The second-order valence-corrected chi connectivity index (χ2v) is 15.3. The smallest absolute Gasteiger partial charge is 0.209 e. The van der Waals surface area contributed by atoms with E-state index >= 15 is 0 Å². The first-order valence-electron chi connectivity index (χ1n) is 19.6. The van der Waals surface area contributed by atoms with Gasteiger partial charge in [0.05, 0.1) is 17.1 Å². The summed E-state index contributed by atoms with van der Waals surface area (Å²) in [6.45, 7) is 0. The standard InChI is InChI=1S/C54H36BrN3O/c55-53-41-27-15-13-25-39(41)52(40-26-14-16-28-42(40)53)51(37-21-9-3-10-22-37)47-32-31-45(57-47)49(35-17-5-1-6-18-35)43-29-30-44(56-43)50(36-19-7-2-8-20-36)46-33-34-48(58-46)54(59)38-23-11-4-12-24-38/h1-34,56,58H/b49-43+,50-44+,51-47-. The Morgan fingerprint density at radius 1 is 0.407 bits per heavy atom. The first-order valence-corrected chi connectivity index (χ1v) is 20.4. The number of ketones is 1. The summed E-state index contributed by atoms with van der Waals surface area (Å²) < 4.78 is 1.09. The van der Waals surface area contributed by atoms with Gasteiger partial charge in [0.25, 0.3) is 0 Å². The molecule has 1 aliphatic rings. The van der Waals surface area contributed by atoms with E-state index < -0.39 is 0 Å². The predicted octanol–water partition coefficient (Wildman–Crippen LogP) is 11.6. The van der Waals surface area contributed by atoms with Crippen LogP contribution in [0.25, 0.3) is 38.3 Å². The van der Waals surface area contributed by atoms with Crippen molar-refractivity contribution in [3.63, 3.8) is 0 Å². The number of benzene rings is 7. The largest absolute Gasteiger partial charge is 0.354 e. The van der Waals surface area contributed by atoms with Gasteiger partial charge in [0.2, 0.25) is 5.78 Å². The molecule has 0 unspecified atom stereocenters. The normalized spacial score (nSPS) is 14.4. The second kappa shape index (κ2) is 15.5. The Labute approximate surface area is 350 Å². The van der Waals surface area contributed by atoms with E-state index in [0.717, 1.165) is 92.8 Å². The minimum atomic E-state index is -0.0509. The summed E-state index contributed by atoms with van der Waals surface area (Å²) in [5.41, 5.74) is 11.1. The Hall–Kier alpha value is -7.34. The van der Waals surface area contributed by atoms with E-state index in [-0.39, 0.29) is 5.78 Å². The summed E-state index contributed by atoms with van der Waals surface area (Å²) in [5, 5.41) is 6.46. The molecule has 2 aromatic heterocycles. The molecule has 280 valence electrons. The third-order valence-corrected chi connectivity index (χ3v) is 11.8. The van der Waals surface area contributed by atoms with Gasteiger partial charge in [0.15, 0.2) is 0 Å². The van der Waals surface area contributed by atoms with Gasteiger partial charge in [0, 0.05) is 48.7 Å². The Bertz CT molecular complexity index is 3210.